The molecule has 1 aromatic rings. The maximum atomic E-state index is 4.48. The van der Waals surface area contributed by atoms with Gasteiger partial charge in [-0.05, 0) is 12.8 Å². The fourth-order valence-corrected chi connectivity index (χ4v) is 3.74. The van der Waals surface area contributed by atoms with E-state index in [1.54, 1.807) is 11.3 Å². The zero-order valence-electron chi connectivity index (χ0n) is 8.45. The first kappa shape index (κ1) is 10.3. The van der Waals surface area contributed by atoms with Crippen LogP contribution in [0.4, 0.5) is 5.13 Å². The Hall–Kier alpha value is -0.220. The Balaban J connectivity index is 1.79. The van der Waals surface area contributed by atoms with Crippen LogP contribution in [0.2, 0.25) is 0 Å². The number of rotatable bonds is 4. The van der Waals surface area contributed by atoms with Crippen LogP contribution in [0.5, 0.6) is 0 Å². The molecular weight excluding hydrogens is 212 g/mol. The van der Waals surface area contributed by atoms with Crippen LogP contribution in [0.3, 0.4) is 0 Å². The molecule has 1 aliphatic rings. The first-order valence-electron chi connectivity index (χ1n) is 5.12. The minimum absolute atomic E-state index is 0.898. The zero-order chi connectivity index (χ0) is 9.80. The monoisotopic (exact) mass is 228 g/mol. The molecule has 0 radical (unpaired) electrons. The second kappa shape index (κ2) is 5.03. The van der Waals surface area contributed by atoms with E-state index in [-0.39, 0.29) is 0 Å². The van der Waals surface area contributed by atoms with E-state index in [4.69, 9.17) is 0 Å². The van der Waals surface area contributed by atoms with E-state index < -0.39 is 0 Å². The van der Waals surface area contributed by atoms with E-state index in [9.17, 15) is 0 Å². The van der Waals surface area contributed by atoms with E-state index in [0.717, 1.165) is 16.1 Å². The summed E-state index contributed by atoms with van der Waals surface area (Å²) in [7, 11) is 1.92. The minimum Gasteiger partial charge on any atom is -0.365 e. The van der Waals surface area contributed by atoms with Crippen LogP contribution >= 0.6 is 23.1 Å². The van der Waals surface area contributed by atoms with Gasteiger partial charge in [-0.1, -0.05) is 12.8 Å². The molecule has 1 heterocycles. The second-order valence-corrected chi connectivity index (χ2v) is 5.76. The maximum absolute atomic E-state index is 4.48. The molecule has 0 saturated heterocycles. The molecule has 2 rings (SSSR count). The number of nitrogens with one attached hydrogen (secondary N) is 1. The lowest BCUT2D eigenvalue weighted by Gasteiger charge is -2.05. The number of thioether (sulfide) groups is 1. The molecule has 0 atom stereocenters. The van der Waals surface area contributed by atoms with Crippen LogP contribution in [-0.4, -0.2) is 17.3 Å². The highest BCUT2D eigenvalue weighted by atomic mass is 32.2. The molecule has 14 heavy (non-hydrogen) atoms. The number of anilines is 1. The molecule has 2 nitrogen and oxygen atoms in total. The van der Waals surface area contributed by atoms with Crippen molar-refractivity contribution in [2.75, 3.05) is 12.4 Å². The van der Waals surface area contributed by atoms with Gasteiger partial charge in [-0.3, -0.25) is 0 Å². The Morgan fingerprint density at radius 1 is 1.57 bits per heavy atom. The predicted molar refractivity (Wildman–Crippen MR) is 65.2 cm³/mol. The molecular formula is C10H16N2S2. The van der Waals surface area contributed by atoms with Gasteiger partial charge < -0.3 is 5.32 Å². The Morgan fingerprint density at radius 2 is 2.36 bits per heavy atom. The van der Waals surface area contributed by atoms with Crippen molar-refractivity contribution in [2.24, 2.45) is 0 Å². The van der Waals surface area contributed by atoms with Crippen LogP contribution in [0.15, 0.2) is 5.38 Å². The zero-order valence-corrected chi connectivity index (χ0v) is 10.1. The fraction of sp³-hybridized carbons (Fsp3) is 0.700. The highest BCUT2D eigenvalue weighted by Crippen LogP contribution is 2.32. The summed E-state index contributed by atoms with van der Waals surface area (Å²) in [5.74, 6) is 1.09. The third-order valence-corrected chi connectivity index (χ3v) is 4.85. The molecule has 0 aliphatic heterocycles. The Kier molecular flexibility index (Phi) is 3.70. The summed E-state index contributed by atoms with van der Waals surface area (Å²) in [6, 6.07) is 0. The van der Waals surface area contributed by atoms with Crippen LogP contribution < -0.4 is 5.32 Å². The van der Waals surface area contributed by atoms with Crippen molar-refractivity contribution < 1.29 is 0 Å². The van der Waals surface area contributed by atoms with Crippen molar-refractivity contribution in [1.29, 1.82) is 0 Å². The molecule has 1 aliphatic carbocycles. The van der Waals surface area contributed by atoms with Crippen LogP contribution in [-0.2, 0) is 5.75 Å². The molecule has 0 unspecified atom stereocenters. The summed E-state index contributed by atoms with van der Waals surface area (Å²) in [6.07, 6.45) is 5.67. The van der Waals surface area contributed by atoms with Gasteiger partial charge >= 0.3 is 0 Å². The molecule has 78 valence electrons. The standard InChI is InChI=1S/C10H16N2S2/c1-11-10-12-8(7-14-10)6-13-9-4-2-3-5-9/h7,9H,2-6H2,1H3,(H,11,12). The molecule has 0 bridgehead atoms. The van der Waals surface area contributed by atoms with Gasteiger partial charge in [-0.15, -0.1) is 11.3 Å². The smallest absolute Gasteiger partial charge is 0.182 e. The highest BCUT2D eigenvalue weighted by Gasteiger charge is 2.15. The van der Waals surface area contributed by atoms with E-state index in [1.807, 2.05) is 7.05 Å². The lowest BCUT2D eigenvalue weighted by atomic mass is 10.4. The number of hydrogen-bond donors (Lipinski definition) is 1. The van der Waals surface area contributed by atoms with Gasteiger partial charge in [0.1, 0.15) is 0 Å². The van der Waals surface area contributed by atoms with Crippen molar-refractivity contribution >= 4 is 28.2 Å². The van der Waals surface area contributed by atoms with E-state index in [2.05, 4.69) is 27.4 Å². The minimum atomic E-state index is 0.898. The molecule has 4 heteroatoms. The normalized spacial score (nSPS) is 17.5. The summed E-state index contributed by atoms with van der Waals surface area (Å²) < 4.78 is 0. The van der Waals surface area contributed by atoms with Crippen molar-refractivity contribution in [3.05, 3.63) is 11.1 Å². The summed E-state index contributed by atoms with van der Waals surface area (Å²) >= 11 is 3.77. The maximum Gasteiger partial charge on any atom is 0.182 e. The molecule has 1 N–H and O–H groups in total. The Morgan fingerprint density at radius 3 is 3.00 bits per heavy atom. The van der Waals surface area contributed by atoms with Gasteiger partial charge in [-0.25, -0.2) is 4.98 Å². The quantitative estimate of drug-likeness (QED) is 0.855. The van der Waals surface area contributed by atoms with Crippen LogP contribution in [0.1, 0.15) is 31.4 Å². The van der Waals surface area contributed by atoms with Gasteiger partial charge in [-0.2, -0.15) is 11.8 Å². The SMILES string of the molecule is CNc1nc(CSC2CCCC2)cs1. The van der Waals surface area contributed by atoms with Gasteiger partial charge in [0.25, 0.3) is 0 Å². The molecule has 1 saturated carbocycles. The van der Waals surface area contributed by atoms with Crippen molar-refractivity contribution in [2.45, 2.75) is 36.7 Å². The number of aromatic nitrogens is 1. The first-order chi connectivity index (χ1) is 6.88. The third kappa shape index (κ3) is 2.64. The lowest BCUT2D eigenvalue weighted by molar-refractivity contribution is 0.886. The van der Waals surface area contributed by atoms with Gasteiger partial charge in [0.2, 0.25) is 0 Å². The molecule has 1 aromatic heterocycles. The number of hydrogen-bond acceptors (Lipinski definition) is 4. The Labute approximate surface area is 93.5 Å². The average Bonchev–Trinajstić information content (AvgIpc) is 2.86. The fourth-order valence-electron chi connectivity index (χ4n) is 1.75. The van der Waals surface area contributed by atoms with Gasteiger partial charge in [0, 0.05) is 23.4 Å². The van der Waals surface area contributed by atoms with Crippen LogP contribution in [0.25, 0.3) is 0 Å². The van der Waals surface area contributed by atoms with Crippen molar-refractivity contribution in [3.8, 4) is 0 Å². The lowest BCUT2D eigenvalue weighted by Crippen LogP contribution is -1.95. The summed E-state index contributed by atoms with van der Waals surface area (Å²) in [6.45, 7) is 0. The largest absolute Gasteiger partial charge is 0.365 e. The number of nitrogens with zero attached hydrogens (tertiary/aromatic N) is 1. The summed E-state index contributed by atoms with van der Waals surface area (Å²) in [4.78, 5) is 4.48. The molecule has 0 aromatic carbocycles. The predicted octanol–water partition coefficient (Wildman–Crippen LogP) is 3.36. The van der Waals surface area contributed by atoms with Gasteiger partial charge in [0.15, 0.2) is 5.13 Å². The average molecular weight is 228 g/mol. The topological polar surface area (TPSA) is 24.9 Å². The van der Waals surface area contributed by atoms with Crippen LogP contribution in [0, 0.1) is 0 Å². The summed E-state index contributed by atoms with van der Waals surface area (Å²) in [5.41, 5.74) is 1.23. The summed E-state index contributed by atoms with van der Waals surface area (Å²) in [5, 5.41) is 7.17. The van der Waals surface area contributed by atoms with Crippen molar-refractivity contribution in [3.63, 3.8) is 0 Å². The molecule has 0 spiro atoms. The van der Waals surface area contributed by atoms with E-state index >= 15 is 0 Å². The second-order valence-electron chi connectivity index (χ2n) is 3.61. The molecule has 1 fully saturated rings. The van der Waals surface area contributed by atoms with Gasteiger partial charge in [0.05, 0.1) is 5.69 Å². The Bertz CT molecular complexity index is 279. The first-order valence-corrected chi connectivity index (χ1v) is 7.05. The van der Waals surface area contributed by atoms with Crippen molar-refractivity contribution in [1.82, 2.24) is 4.98 Å². The molecule has 0 amide bonds. The highest BCUT2D eigenvalue weighted by molar-refractivity contribution is 7.99. The van der Waals surface area contributed by atoms with E-state index in [0.29, 0.717) is 0 Å². The number of thiazole rings is 1. The third-order valence-electron chi connectivity index (χ3n) is 2.53. The van der Waals surface area contributed by atoms with E-state index in [1.165, 1.54) is 31.4 Å².